The average Bonchev–Trinajstić information content (AvgIpc) is 4.08. The number of hydrazine groups is 1. The first-order valence-corrected chi connectivity index (χ1v) is 20.6. The number of aromatic amines is 1. The highest BCUT2D eigenvalue weighted by Gasteiger charge is 2.49. The number of benzene rings is 3. The Morgan fingerprint density at radius 2 is 2.03 bits per heavy atom. The molecule has 0 spiro atoms. The number of H-pyrrole nitrogens is 1. The molecule has 0 aliphatic carbocycles. The van der Waals surface area contributed by atoms with Crippen molar-refractivity contribution in [3.05, 3.63) is 70.3 Å². The number of likely N-dealkylation sites (tertiary alicyclic amines) is 1. The van der Waals surface area contributed by atoms with Crippen LogP contribution in [0.25, 0.3) is 38.6 Å². The molecule has 308 valence electrons. The predicted octanol–water partition coefficient (Wildman–Crippen LogP) is 4.78. The van der Waals surface area contributed by atoms with Gasteiger partial charge in [-0.3, -0.25) is 9.89 Å². The van der Waals surface area contributed by atoms with Gasteiger partial charge in [-0.05, 0) is 55.9 Å². The van der Waals surface area contributed by atoms with Gasteiger partial charge in [0.15, 0.2) is 11.5 Å². The molecule has 6 N–H and O–H groups in total. The molecule has 5 unspecified atom stereocenters. The number of rotatable bonds is 10. The Labute approximate surface area is 344 Å². The zero-order chi connectivity index (χ0) is 40.5. The van der Waals surface area contributed by atoms with Gasteiger partial charge in [-0.1, -0.05) is 35.9 Å². The summed E-state index contributed by atoms with van der Waals surface area (Å²) in [5.41, 5.74) is 10.6. The first-order valence-electron chi connectivity index (χ1n) is 20.2. The Balaban J connectivity index is 1.06. The summed E-state index contributed by atoms with van der Waals surface area (Å²) in [4.78, 5) is 27.1. The summed E-state index contributed by atoms with van der Waals surface area (Å²) in [5, 5.41) is 13.6. The van der Waals surface area contributed by atoms with Gasteiger partial charge < -0.3 is 44.8 Å². The lowest BCUT2D eigenvalue weighted by Crippen LogP contribution is -2.53. The number of nitrogens with two attached hydrogens (primary N) is 2. The molecular formula is C42H46ClFN10O5. The van der Waals surface area contributed by atoms with E-state index >= 15 is 4.39 Å². The van der Waals surface area contributed by atoms with Crippen LogP contribution in [0.15, 0.2) is 42.7 Å². The molecule has 0 radical (unpaired) electrons. The van der Waals surface area contributed by atoms with Crippen LogP contribution in [-0.4, -0.2) is 106 Å². The molecule has 4 fully saturated rings. The minimum atomic E-state index is -0.435. The summed E-state index contributed by atoms with van der Waals surface area (Å²) in [6.07, 6.45) is 6.64. The number of ether oxygens (including phenoxy) is 4. The Kier molecular flexibility index (Phi) is 9.61. The van der Waals surface area contributed by atoms with Crippen LogP contribution in [0.3, 0.4) is 0 Å². The van der Waals surface area contributed by atoms with Gasteiger partial charge in [-0.15, -0.1) is 0 Å². The van der Waals surface area contributed by atoms with Gasteiger partial charge >= 0.3 is 6.01 Å². The number of halogens is 2. The van der Waals surface area contributed by atoms with Crippen LogP contribution in [0.4, 0.5) is 10.2 Å². The monoisotopic (exact) mass is 824 g/mol. The van der Waals surface area contributed by atoms with Gasteiger partial charge in [-0.25, -0.2) is 10.2 Å². The Morgan fingerprint density at radius 1 is 1.19 bits per heavy atom. The molecule has 5 aliphatic heterocycles. The number of hydrogen-bond acceptors (Lipinski definition) is 13. The average molecular weight is 825 g/mol. The summed E-state index contributed by atoms with van der Waals surface area (Å²) in [6, 6.07) is 9.73. The lowest BCUT2D eigenvalue weighted by atomic mass is 9.93. The number of anilines is 1. The van der Waals surface area contributed by atoms with Crippen LogP contribution in [0.1, 0.15) is 49.3 Å². The second-order valence-electron chi connectivity index (χ2n) is 16.2. The van der Waals surface area contributed by atoms with E-state index in [9.17, 15) is 4.79 Å². The molecule has 5 atom stereocenters. The quantitative estimate of drug-likeness (QED) is 0.112. The van der Waals surface area contributed by atoms with Crippen molar-refractivity contribution in [3.8, 4) is 28.6 Å². The van der Waals surface area contributed by atoms with Crippen molar-refractivity contribution in [2.45, 2.75) is 76.4 Å². The van der Waals surface area contributed by atoms with E-state index in [2.05, 4.69) is 27.3 Å². The van der Waals surface area contributed by atoms with Crippen molar-refractivity contribution in [3.63, 3.8) is 0 Å². The summed E-state index contributed by atoms with van der Waals surface area (Å²) >= 11 is 7.52. The fourth-order valence-corrected chi connectivity index (χ4v) is 9.76. The van der Waals surface area contributed by atoms with Crippen LogP contribution in [0.5, 0.6) is 17.5 Å². The third-order valence-electron chi connectivity index (χ3n) is 12.5. The number of carbonyl (C=O) groups excluding carboxylic acids is 1. The lowest BCUT2D eigenvalue weighted by molar-refractivity contribution is -0.132. The third-order valence-corrected chi connectivity index (χ3v) is 12.8. The van der Waals surface area contributed by atoms with Crippen molar-refractivity contribution in [1.82, 2.24) is 35.4 Å². The molecule has 5 aliphatic rings. The minimum absolute atomic E-state index is 0.0112. The molecule has 4 saturated heterocycles. The number of fused-ring (bicyclic) bond motifs is 7. The molecule has 5 aromatic rings. The van der Waals surface area contributed by atoms with Crippen molar-refractivity contribution in [2.24, 2.45) is 11.6 Å². The molecule has 2 bridgehead atoms. The minimum Gasteiger partial charge on any atom is -0.489 e. The van der Waals surface area contributed by atoms with Crippen LogP contribution < -0.4 is 36.0 Å². The molecule has 17 heteroatoms. The number of piperazine rings is 1. The maximum absolute atomic E-state index is 15.8. The van der Waals surface area contributed by atoms with E-state index in [1.165, 1.54) is 11.1 Å². The zero-order valence-corrected chi connectivity index (χ0v) is 33.6. The van der Waals surface area contributed by atoms with Gasteiger partial charge in [-0.2, -0.15) is 15.1 Å². The van der Waals surface area contributed by atoms with Gasteiger partial charge in [0.05, 0.1) is 47.1 Å². The fraction of sp³-hybridized carbons (Fsp3) is 0.429. The maximum atomic E-state index is 15.8. The van der Waals surface area contributed by atoms with Crippen LogP contribution in [0.2, 0.25) is 5.02 Å². The summed E-state index contributed by atoms with van der Waals surface area (Å²) < 4.78 is 41.4. The summed E-state index contributed by atoms with van der Waals surface area (Å²) in [5.74, 6) is 7.14. The molecular weight excluding hydrogens is 779 g/mol. The van der Waals surface area contributed by atoms with E-state index < -0.39 is 5.82 Å². The van der Waals surface area contributed by atoms with Crippen molar-refractivity contribution in [1.29, 1.82) is 0 Å². The Morgan fingerprint density at radius 3 is 2.81 bits per heavy atom. The molecule has 7 heterocycles. The maximum Gasteiger partial charge on any atom is 0.319 e. The van der Waals surface area contributed by atoms with E-state index in [0.717, 1.165) is 43.5 Å². The van der Waals surface area contributed by atoms with E-state index in [0.29, 0.717) is 87.8 Å². The molecule has 0 saturated carbocycles. The SMILES string of the molecule is Cc1c(F)cc2[nH]ncc2c1-c1c(Cl)c2c3c(nc(OC4CCOC4)nc3c1OCc1ccc(/C(N)=C/N(N)CC(=O)N3CCCC3C)cc1)N1C3CNC(C3)C1CO2. The Hall–Kier alpha value is -5.42. The normalized spacial score (nSPS) is 23.5. The first kappa shape index (κ1) is 37.8. The molecule has 2 aromatic heterocycles. The van der Waals surface area contributed by atoms with Gasteiger partial charge in [0.1, 0.15) is 43.0 Å². The van der Waals surface area contributed by atoms with Gasteiger partial charge in [0.25, 0.3) is 0 Å². The fourth-order valence-electron chi connectivity index (χ4n) is 9.43. The van der Waals surface area contributed by atoms with E-state index in [1.807, 2.05) is 29.2 Å². The predicted molar refractivity (Wildman–Crippen MR) is 220 cm³/mol. The number of carbonyl (C=O) groups is 1. The number of nitrogens with one attached hydrogen (secondary N) is 2. The number of nitrogens with zero attached hydrogens (tertiary/aromatic N) is 6. The van der Waals surface area contributed by atoms with Crippen LogP contribution in [-0.2, 0) is 16.1 Å². The molecule has 59 heavy (non-hydrogen) atoms. The zero-order valence-electron chi connectivity index (χ0n) is 32.8. The summed E-state index contributed by atoms with van der Waals surface area (Å²) in [7, 11) is 0. The van der Waals surface area contributed by atoms with Crippen molar-refractivity contribution < 1.29 is 28.1 Å². The number of amides is 1. The first-order chi connectivity index (χ1) is 28.6. The van der Waals surface area contributed by atoms with Gasteiger partial charge in [0, 0.05) is 60.3 Å². The molecule has 1 amide bonds. The highest BCUT2D eigenvalue weighted by atomic mass is 35.5. The highest BCUT2D eigenvalue weighted by molar-refractivity contribution is 6.38. The summed E-state index contributed by atoms with van der Waals surface area (Å²) in [6.45, 7) is 6.79. The smallest absolute Gasteiger partial charge is 0.319 e. The van der Waals surface area contributed by atoms with Gasteiger partial charge in [0.2, 0.25) is 5.91 Å². The second-order valence-corrected chi connectivity index (χ2v) is 16.6. The van der Waals surface area contributed by atoms with E-state index in [4.69, 9.17) is 52.1 Å². The third kappa shape index (κ3) is 6.62. The highest BCUT2D eigenvalue weighted by Crippen LogP contribution is 2.55. The Bertz CT molecular complexity index is 2490. The second kappa shape index (κ2) is 15.0. The number of hydrogen-bond donors (Lipinski definition) is 4. The standard InChI is InChI=1S/C42H46ClFN10O5/c1-21-4-3-10-53(21)33(55)17-52(46)16-29(45)24-7-5-23(6-8-24)18-57-40-35(34-22(2)28(44)13-30-27(34)15-48-51-30)37(43)39-36-38(40)49-42(59-26-9-11-56-19-26)50-41(36)54-25-12-31(47-14-25)32(54)20-58-39/h5-8,13,15-16,21,25-26,31-32,47H,3-4,9-12,14,17-20,45-46H2,1-2H3,(H,48,51)/b29-16-. The van der Waals surface area contributed by atoms with Crippen LogP contribution >= 0.6 is 11.6 Å². The topological polar surface area (TPSA) is 182 Å². The lowest BCUT2D eigenvalue weighted by Gasteiger charge is -2.35. The van der Waals surface area contributed by atoms with Crippen LogP contribution in [0, 0.1) is 12.7 Å². The van der Waals surface area contributed by atoms with E-state index in [-0.39, 0.29) is 60.4 Å². The van der Waals surface area contributed by atoms with Crippen molar-refractivity contribution >= 4 is 50.8 Å². The molecule has 15 nitrogen and oxygen atoms in total. The van der Waals surface area contributed by atoms with E-state index in [1.54, 1.807) is 19.3 Å². The van der Waals surface area contributed by atoms with Crippen molar-refractivity contribution in [2.75, 3.05) is 44.4 Å². The largest absolute Gasteiger partial charge is 0.489 e. The molecule has 10 rings (SSSR count). The number of aromatic nitrogens is 4. The molecule has 3 aromatic carbocycles.